The van der Waals surface area contributed by atoms with E-state index in [0.717, 1.165) is 16.9 Å². The Morgan fingerprint density at radius 1 is 1.24 bits per heavy atom. The molecule has 0 aromatic heterocycles. The zero-order valence-electron chi connectivity index (χ0n) is 16.7. The molecule has 1 aliphatic rings. The predicted octanol–water partition coefficient (Wildman–Crippen LogP) is 3.16. The third kappa shape index (κ3) is 4.49. The summed E-state index contributed by atoms with van der Waals surface area (Å²) in [4.78, 5) is 26.1. The van der Waals surface area contributed by atoms with Gasteiger partial charge in [0.2, 0.25) is 5.91 Å². The highest BCUT2D eigenvalue weighted by Crippen LogP contribution is 2.37. The van der Waals surface area contributed by atoms with Crippen LogP contribution in [0.4, 0.5) is 0 Å². The van der Waals surface area contributed by atoms with Gasteiger partial charge >= 0.3 is 0 Å². The van der Waals surface area contributed by atoms with Gasteiger partial charge in [0.25, 0.3) is 5.91 Å². The summed E-state index contributed by atoms with van der Waals surface area (Å²) in [7, 11) is 0. The highest BCUT2D eigenvalue weighted by atomic mass is 16.5. The van der Waals surface area contributed by atoms with Gasteiger partial charge in [0.1, 0.15) is 18.4 Å². The van der Waals surface area contributed by atoms with Crippen LogP contribution >= 0.6 is 0 Å². The number of likely N-dealkylation sites (tertiary alicyclic amines) is 1. The van der Waals surface area contributed by atoms with Gasteiger partial charge in [-0.2, -0.15) is 0 Å². The normalized spacial score (nSPS) is 20.1. The summed E-state index contributed by atoms with van der Waals surface area (Å²) >= 11 is 0. The van der Waals surface area contributed by atoms with Crippen LogP contribution in [0.15, 0.2) is 60.7 Å². The molecule has 1 aliphatic heterocycles. The molecule has 2 N–H and O–H groups in total. The first-order valence-electron chi connectivity index (χ1n) is 9.65. The minimum Gasteiger partial charge on any atom is -0.490 e. The standard InChI is InChI=1S/C23H26N2O4/c1-17(21(26)24-28)25-15-14-23(2,22(25)27)19-10-12-20(13-11-19)29-16-6-9-18-7-4-3-5-8-18/h3-13,17,28H,14-16H2,1-2H3,(H,24,26)/b9-6+. The van der Waals surface area contributed by atoms with Crippen LogP contribution in [0.5, 0.6) is 5.75 Å². The zero-order chi connectivity index (χ0) is 20.9. The van der Waals surface area contributed by atoms with E-state index in [1.807, 2.05) is 73.7 Å². The summed E-state index contributed by atoms with van der Waals surface area (Å²) in [6, 6.07) is 16.8. The summed E-state index contributed by atoms with van der Waals surface area (Å²) < 4.78 is 5.75. The molecule has 3 rings (SSSR count). The number of hydrogen-bond donors (Lipinski definition) is 2. The maximum absolute atomic E-state index is 12.9. The number of hydrogen-bond acceptors (Lipinski definition) is 4. The number of benzene rings is 2. The summed E-state index contributed by atoms with van der Waals surface area (Å²) in [5.41, 5.74) is 2.92. The van der Waals surface area contributed by atoms with Crippen LogP contribution in [0.2, 0.25) is 0 Å². The van der Waals surface area contributed by atoms with Gasteiger partial charge in [-0.05, 0) is 49.6 Å². The Bertz CT molecular complexity index is 880. The summed E-state index contributed by atoms with van der Waals surface area (Å²) in [6.45, 7) is 4.41. The lowest BCUT2D eigenvalue weighted by Gasteiger charge is -2.27. The van der Waals surface area contributed by atoms with E-state index in [-0.39, 0.29) is 5.91 Å². The number of carbonyl (C=O) groups is 2. The van der Waals surface area contributed by atoms with Crippen molar-refractivity contribution in [2.45, 2.75) is 31.7 Å². The third-order valence-electron chi connectivity index (χ3n) is 5.49. The average molecular weight is 394 g/mol. The molecule has 2 aromatic rings. The Morgan fingerprint density at radius 3 is 2.59 bits per heavy atom. The number of rotatable bonds is 7. The second-order valence-electron chi connectivity index (χ2n) is 7.38. The van der Waals surface area contributed by atoms with Crippen molar-refractivity contribution in [2.24, 2.45) is 0 Å². The molecule has 0 aliphatic carbocycles. The Morgan fingerprint density at radius 2 is 1.93 bits per heavy atom. The first kappa shape index (κ1) is 20.6. The Hall–Kier alpha value is -3.12. The van der Waals surface area contributed by atoms with Crippen LogP contribution in [0, 0.1) is 0 Å². The van der Waals surface area contributed by atoms with Gasteiger partial charge in [0.15, 0.2) is 0 Å². The topological polar surface area (TPSA) is 78.9 Å². The lowest BCUT2D eigenvalue weighted by Crippen LogP contribution is -2.47. The fourth-order valence-corrected chi connectivity index (χ4v) is 3.55. The summed E-state index contributed by atoms with van der Waals surface area (Å²) in [6.07, 6.45) is 4.57. The fourth-order valence-electron chi connectivity index (χ4n) is 3.55. The van der Waals surface area contributed by atoms with E-state index >= 15 is 0 Å². The SMILES string of the molecule is CC(C(=O)NO)N1CCC(C)(c2ccc(OC/C=C/c3ccccc3)cc2)C1=O. The Labute approximate surface area is 170 Å². The van der Waals surface area contributed by atoms with Gasteiger partial charge in [0, 0.05) is 6.54 Å². The van der Waals surface area contributed by atoms with Crippen molar-refractivity contribution in [3.05, 3.63) is 71.8 Å². The fraction of sp³-hybridized carbons (Fsp3) is 0.304. The Kier molecular flexibility index (Phi) is 6.34. The summed E-state index contributed by atoms with van der Waals surface area (Å²) in [5, 5.41) is 8.83. The van der Waals surface area contributed by atoms with Crippen molar-refractivity contribution in [1.29, 1.82) is 0 Å². The first-order valence-corrected chi connectivity index (χ1v) is 9.65. The smallest absolute Gasteiger partial charge is 0.265 e. The van der Waals surface area contributed by atoms with Gasteiger partial charge in [0.05, 0.1) is 5.41 Å². The Balaban J connectivity index is 1.61. The van der Waals surface area contributed by atoms with Crippen LogP contribution in [-0.4, -0.2) is 41.1 Å². The number of nitrogens with one attached hydrogen (secondary N) is 1. The molecule has 2 unspecified atom stereocenters. The van der Waals surface area contributed by atoms with Crippen molar-refractivity contribution in [2.75, 3.05) is 13.2 Å². The van der Waals surface area contributed by atoms with E-state index < -0.39 is 17.4 Å². The van der Waals surface area contributed by atoms with E-state index in [2.05, 4.69) is 0 Å². The van der Waals surface area contributed by atoms with E-state index in [1.54, 1.807) is 12.4 Å². The molecule has 0 saturated carbocycles. The van der Waals surface area contributed by atoms with Gasteiger partial charge in [-0.15, -0.1) is 0 Å². The number of amides is 2. The lowest BCUT2D eigenvalue weighted by atomic mass is 9.81. The highest BCUT2D eigenvalue weighted by Gasteiger charge is 2.46. The molecule has 0 spiro atoms. The van der Waals surface area contributed by atoms with Crippen LogP contribution < -0.4 is 10.2 Å². The molecule has 2 amide bonds. The van der Waals surface area contributed by atoms with Gasteiger partial charge in [-0.3, -0.25) is 14.8 Å². The molecule has 1 saturated heterocycles. The van der Waals surface area contributed by atoms with Crippen LogP contribution in [0.25, 0.3) is 6.08 Å². The van der Waals surface area contributed by atoms with Gasteiger partial charge < -0.3 is 9.64 Å². The molecule has 2 atom stereocenters. The molecule has 0 bridgehead atoms. The number of ether oxygens (including phenoxy) is 1. The van der Waals surface area contributed by atoms with Crippen molar-refractivity contribution < 1.29 is 19.5 Å². The molecule has 29 heavy (non-hydrogen) atoms. The molecule has 1 heterocycles. The van der Waals surface area contributed by atoms with Gasteiger partial charge in [-0.25, -0.2) is 5.48 Å². The minimum atomic E-state index is -0.715. The van der Waals surface area contributed by atoms with E-state index in [4.69, 9.17) is 9.94 Å². The maximum atomic E-state index is 12.9. The predicted molar refractivity (Wildman–Crippen MR) is 110 cm³/mol. The monoisotopic (exact) mass is 394 g/mol. The van der Waals surface area contributed by atoms with Crippen LogP contribution in [0.3, 0.4) is 0 Å². The largest absolute Gasteiger partial charge is 0.490 e. The number of carbonyl (C=O) groups excluding carboxylic acids is 2. The van der Waals surface area contributed by atoms with Crippen molar-refractivity contribution in [3.63, 3.8) is 0 Å². The molecule has 152 valence electrons. The average Bonchev–Trinajstić information content (AvgIpc) is 3.07. The van der Waals surface area contributed by atoms with Crippen LogP contribution in [0.1, 0.15) is 31.4 Å². The second-order valence-corrected chi connectivity index (χ2v) is 7.38. The van der Waals surface area contributed by atoms with Crippen molar-refractivity contribution in [3.8, 4) is 5.75 Å². The zero-order valence-corrected chi connectivity index (χ0v) is 16.7. The molecular weight excluding hydrogens is 368 g/mol. The molecule has 6 heteroatoms. The highest BCUT2D eigenvalue weighted by molar-refractivity contribution is 5.94. The first-order chi connectivity index (χ1) is 14.0. The van der Waals surface area contributed by atoms with Crippen molar-refractivity contribution in [1.82, 2.24) is 10.4 Å². The van der Waals surface area contributed by atoms with E-state index in [1.165, 1.54) is 4.90 Å². The number of nitrogens with zero attached hydrogens (tertiary/aromatic N) is 1. The molecule has 0 radical (unpaired) electrons. The molecule has 2 aromatic carbocycles. The van der Waals surface area contributed by atoms with E-state index in [9.17, 15) is 9.59 Å². The summed E-state index contributed by atoms with van der Waals surface area (Å²) in [5.74, 6) is 0.0216. The molecule has 6 nitrogen and oxygen atoms in total. The quantitative estimate of drug-likeness (QED) is 0.559. The number of hydroxylamine groups is 1. The van der Waals surface area contributed by atoms with Crippen LogP contribution in [-0.2, 0) is 15.0 Å². The van der Waals surface area contributed by atoms with Crippen molar-refractivity contribution >= 4 is 17.9 Å². The third-order valence-corrected chi connectivity index (χ3v) is 5.49. The molecular formula is C23H26N2O4. The lowest BCUT2D eigenvalue weighted by molar-refractivity contribution is -0.143. The second kappa shape index (κ2) is 8.92. The van der Waals surface area contributed by atoms with E-state index in [0.29, 0.717) is 19.6 Å². The van der Waals surface area contributed by atoms with Gasteiger partial charge in [-0.1, -0.05) is 48.5 Å². The molecule has 1 fully saturated rings. The minimum absolute atomic E-state index is 0.118. The maximum Gasteiger partial charge on any atom is 0.265 e.